The predicted molar refractivity (Wildman–Crippen MR) is 84.2 cm³/mol. The van der Waals surface area contributed by atoms with Gasteiger partial charge < -0.3 is 10.1 Å². The highest BCUT2D eigenvalue weighted by Gasteiger charge is 2.20. The number of carbonyl (C=O) groups is 1. The SMILES string of the molecule is O=C(CCOc1ccccc1)NCC1CCCC(Br)C1. The average Bonchev–Trinajstić information content (AvgIpc) is 2.46. The molecule has 1 aromatic carbocycles. The van der Waals surface area contributed by atoms with Gasteiger partial charge in [-0.05, 0) is 37.3 Å². The van der Waals surface area contributed by atoms with Crippen LogP contribution in [0.25, 0.3) is 0 Å². The minimum Gasteiger partial charge on any atom is -0.493 e. The van der Waals surface area contributed by atoms with Crippen LogP contribution >= 0.6 is 15.9 Å². The molecule has 4 heteroatoms. The Labute approximate surface area is 129 Å². The second kappa shape index (κ2) is 8.30. The third-order valence-electron chi connectivity index (χ3n) is 3.65. The zero-order valence-electron chi connectivity index (χ0n) is 11.7. The first-order chi connectivity index (χ1) is 9.74. The van der Waals surface area contributed by atoms with Gasteiger partial charge in [0.05, 0.1) is 13.0 Å². The number of rotatable bonds is 6. The molecule has 0 aromatic heterocycles. The van der Waals surface area contributed by atoms with Gasteiger partial charge in [0.15, 0.2) is 0 Å². The fourth-order valence-corrected chi connectivity index (χ4v) is 3.39. The van der Waals surface area contributed by atoms with Crippen molar-refractivity contribution >= 4 is 21.8 Å². The van der Waals surface area contributed by atoms with Gasteiger partial charge in [0.1, 0.15) is 5.75 Å². The molecule has 3 nitrogen and oxygen atoms in total. The lowest BCUT2D eigenvalue weighted by Gasteiger charge is -2.25. The second-order valence-corrected chi connectivity index (χ2v) is 6.64. The summed E-state index contributed by atoms with van der Waals surface area (Å²) >= 11 is 3.67. The van der Waals surface area contributed by atoms with E-state index in [1.54, 1.807) is 0 Å². The highest BCUT2D eigenvalue weighted by Crippen LogP contribution is 2.28. The van der Waals surface area contributed by atoms with E-state index < -0.39 is 0 Å². The first-order valence-corrected chi connectivity index (χ1v) is 8.24. The van der Waals surface area contributed by atoms with Gasteiger partial charge in [-0.3, -0.25) is 4.79 Å². The Balaban J connectivity index is 1.58. The monoisotopic (exact) mass is 339 g/mol. The topological polar surface area (TPSA) is 38.3 Å². The van der Waals surface area contributed by atoms with E-state index in [0.29, 0.717) is 23.8 Å². The predicted octanol–water partition coefficient (Wildman–Crippen LogP) is 3.53. The van der Waals surface area contributed by atoms with E-state index in [2.05, 4.69) is 21.2 Å². The highest BCUT2D eigenvalue weighted by atomic mass is 79.9. The van der Waals surface area contributed by atoms with Gasteiger partial charge in [-0.1, -0.05) is 40.5 Å². The van der Waals surface area contributed by atoms with Crippen LogP contribution < -0.4 is 10.1 Å². The lowest BCUT2D eigenvalue weighted by atomic mass is 9.89. The second-order valence-electron chi connectivity index (χ2n) is 5.35. The van der Waals surface area contributed by atoms with Crippen molar-refractivity contribution in [3.8, 4) is 5.75 Å². The fourth-order valence-electron chi connectivity index (χ4n) is 2.54. The average molecular weight is 340 g/mol. The van der Waals surface area contributed by atoms with Crippen molar-refractivity contribution in [2.24, 2.45) is 5.92 Å². The van der Waals surface area contributed by atoms with Crippen LogP contribution in [0, 0.1) is 5.92 Å². The molecule has 1 amide bonds. The normalized spacial score (nSPS) is 22.2. The quantitative estimate of drug-likeness (QED) is 0.805. The Morgan fingerprint density at radius 1 is 1.30 bits per heavy atom. The number of alkyl halides is 1. The maximum Gasteiger partial charge on any atom is 0.223 e. The van der Waals surface area contributed by atoms with Crippen LogP contribution in [-0.4, -0.2) is 23.9 Å². The smallest absolute Gasteiger partial charge is 0.223 e. The van der Waals surface area contributed by atoms with Gasteiger partial charge in [-0.25, -0.2) is 0 Å². The summed E-state index contributed by atoms with van der Waals surface area (Å²) in [4.78, 5) is 12.4. The Kier molecular flexibility index (Phi) is 6.37. The van der Waals surface area contributed by atoms with Crippen LogP contribution in [0.3, 0.4) is 0 Å². The molecule has 2 unspecified atom stereocenters. The van der Waals surface area contributed by atoms with Crippen LogP contribution in [0.4, 0.5) is 0 Å². The molecule has 0 spiro atoms. The van der Waals surface area contributed by atoms with Crippen LogP contribution in [0.1, 0.15) is 32.1 Å². The third-order valence-corrected chi connectivity index (χ3v) is 4.48. The Morgan fingerprint density at radius 3 is 2.85 bits per heavy atom. The summed E-state index contributed by atoms with van der Waals surface area (Å²) in [6, 6.07) is 9.59. The van der Waals surface area contributed by atoms with E-state index >= 15 is 0 Å². The number of amides is 1. The lowest BCUT2D eigenvalue weighted by Crippen LogP contribution is -2.32. The summed E-state index contributed by atoms with van der Waals surface area (Å²) < 4.78 is 5.52. The molecular formula is C16H22BrNO2. The number of carbonyl (C=O) groups excluding carboxylic acids is 1. The van der Waals surface area contributed by atoms with Crippen molar-refractivity contribution in [1.82, 2.24) is 5.32 Å². The number of ether oxygens (including phenoxy) is 1. The maximum absolute atomic E-state index is 11.8. The van der Waals surface area contributed by atoms with E-state index in [1.807, 2.05) is 30.3 Å². The van der Waals surface area contributed by atoms with Gasteiger partial charge >= 0.3 is 0 Å². The largest absolute Gasteiger partial charge is 0.493 e. The maximum atomic E-state index is 11.8. The Morgan fingerprint density at radius 2 is 2.10 bits per heavy atom. The third kappa shape index (κ3) is 5.53. The summed E-state index contributed by atoms with van der Waals surface area (Å²) in [6.07, 6.45) is 5.33. The number of benzene rings is 1. The number of hydrogen-bond acceptors (Lipinski definition) is 2. The minimum atomic E-state index is 0.0811. The van der Waals surface area contributed by atoms with Gasteiger partial charge in [0.2, 0.25) is 5.91 Å². The lowest BCUT2D eigenvalue weighted by molar-refractivity contribution is -0.121. The van der Waals surface area contributed by atoms with Crippen LogP contribution in [0.2, 0.25) is 0 Å². The molecule has 1 aliphatic carbocycles. The zero-order valence-corrected chi connectivity index (χ0v) is 13.3. The molecule has 0 bridgehead atoms. The van der Waals surface area contributed by atoms with E-state index in [4.69, 9.17) is 4.74 Å². The van der Waals surface area contributed by atoms with Crippen molar-refractivity contribution < 1.29 is 9.53 Å². The molecule has 20 heavy (non-hydrogen) atoms. The molecule has 110 valence electrons. The molecule has 1 fully saturated rings. The first-order valence-electron chi connectivity index (χ1n) is 7.32. The first kappa shape index (κ1) is 15.4. The molecular weight excluding hydrogens is 318 g/mol. The van der Waals surface area contributed by atoms with Gasteiger partial charge in [-0.2, -0.15) is 0 Å². The van der Waals surface area contributed by atoms with Crippen molar-refractivity contribution in [3.05, 3.63) is 30.3 Å². The molecule has 0 saturated heterocycles. The molecule has 1 aliphatic rings. The summed E-state index contributed by atoms with van der Waals surface area (Å²) in [5.74, 6) is 1.51. The standard InChI is InChI=1S/C16H22BrNO2/c17-14-6-4-5-13(11-14)12-18-16(19)9-10-20-15-7-2-1-3-8-15/h1-3,7-8,13-14H,4-6,9-12H2,(H,18,19). The molecule has 1 aromatic rings. The summed E-state index contributed by atoms with van der Waals surface area (Å²) in [7, 11) is 0. The van der Waals surface area contributed by atoms with E-state index in [0.717, 1.165) is 12.3 Å². The molecule has 0 radical (unpaired) electrons. The number of nitrogens with one attached hydrogen (secondary N) is 1. The van der Waals surface area contributed by atoms with Crippen LogP contribution in [0.15, 0.2) is 30.3 Å². The van der Waals surface area contributed by atoms with E-state index in [1.165, 1.54) is 25.7 Å². The van der Waals surface area contributed by atoms with Crippen molar-refractivity contribution in [2.75, 3.05) is 13.2 Å². The summed E-state index contributed by atoms with van der Waals surface area (Å²) in [5, 5.41) is 3.02. The fraction of sp³-hybridized carbons (Fsp3) is 0.562. The van der Waals surface area contributed by atoms with Crippen molar-refractivity contribution in [3.63, 3.8) is 0 Å². The Hall–Kier alpha value is -1.03. The van der Waals surface area contributed by atoms with Gasteiger partial charge in [0.25, 0.3) is 0 Å². The van der Waals surface area contributed by atoms with Crippen LogP contribution in [0.5, 0.6) is 5.75 Å². The molecule has 0 heterocycles. The highest BCUT2D eigenvalue weighted by molar-refractivity contribution is 9.09. The number of halogens is 1. The minimum absolute atomic E-state index is 0.0811. The molecule has 2 rings (SSSR count). The molecule has 2 atom stereocenters. The summed E-state index contributed by atoms with van der Waals surface area (Å²) in [5.41, 5.74) is 0. The van der Waals surface area contributed by atoms with Crippen molar-refractivity contribution in [2.45, 2.75) is 36.9 Å². The van der Waals surface area contributed by atoms with Gasteiger partial charge in [-0.15, -0.1) is 0 Å². The number of para-hydroxylation sites is 1. The van der Waals surface area contributed by atoms with Crippen molar-refractivity contribution in [1.29, 1.82) is 0 Å². The van der Waals surface area contributed by atoms with E-state index in [9.17, 15) is 4.79 Å². The number of hydrogen-bond donors (Lipinski definition) is 1. The van der Waals surface area contributed by atoms with Gasteiger partial charge in [0, 0.05) is 11.4 Å². The zero-order chi connectivity index (χ0) is 14.2. The van der Waals surface area contributed by atoms with Crippen LogP contribution in [-0.2, 0) is 4.79 Å². The molecule has 0 aliphatic heterocycles. The summed E-state index contributed by atoms with van der Waals surface area (Å²) in [6.45, 7) is 1.23. The van der Waals surface area contributed by atoms with E-state index in [-0.39, 0.29) is 5.91 Å². The Bertz CT molecular complexity index is 410. The molecule has 1 saturated carbocycles. The molecule has 1 N–H and O–H groups in total.